The van der Waals surface area contributed by atoms with Crippen LogP contribution in [-0.2, 0) is 0 Å². The smallest absolute Gasteiger partial charge is 0.146 e. The minimum Gasteiger partial charge on any atom is -0.506 e. The van der Waals surface area contributed by atoms with Crippen LogP contribution in [0.3, 0.4) is 0 Å². The largest absolute Gasteiger partial charge is 0.506 e. The van der Waals surface area contributed by atoms with E-state index in [1.807, 2.05) is 54.6 Å². The summed E-state index contributed by atoms with van der Waals surface area (Å²) in [6.07, 6.45) is 0. The van der Waals surface area contributed by atoms with Gasteiger partial charge in [-0.25, -0.2) is 0 Å². The monoisotopic (exact) mass is 278 g/mol. The Labute approximate surface area is 122 Å². The van der Waals surface area contributed by atoms with Crippen molar-refractivity contribution in [3.63, 3.8) is 0 Å². The molecule has 0 atom stereocenters. The molecular weight excluding hydrogens is 264 g/mol. The van der Waals surface area contributed by atoms with Gasteiger partial charge in [0.15, 0.2) is 0 Å². The molecule has 104 valence electrons. The Bertz CT molecular complexity index is 813. The molecule has 0 aliphatic heterocycles. The van der Waals surface area contributed by atoms with Gasteiger partial charge in [-0.2, -0.15) is 0 Å². The topological polar surface area (TPSA) is 54.2 Å². The van der Waals surface area contributed by atoms with Gasteiger partial charge in [-0.15, -0.1) is 10.2 Å². The number of benzene rings is 3. The van der Waals surface area contributed by atoms with E-state index in [1.54, 1.807) is 13.2 Å². The molecule has 1 N–H and O–H groups in total. The molecule has 4 nitrogen and oxygen atoms in total. The Hall–Kier alpha value is -2.88. The molecular formula is C17H14N2O2. The van der Waals surface area contributed by atoms with Crippen molar-refractivity contribution in [1.82, 2.24) is 0 Å². The van der Waals surface area contributed by atoms with Crippen LogP contribution >= 0.6 is 0 Å². The maximum atomic E-state index is 10.0. The zero-order valence-corrected chi connectivity index (χ0v) is 11.5. The fourth-order valence-electron chi connectivity index (χ4n) is 2.16. The van der Waals surface area contributed by atoms with Crippen molar-refractivity contribution in [1.29, 1.82) is 0 Å². The molecule has 21 heavy (non-hydrogen) atoms. The van der Waals surface area contributed by atoms with E-state index in [2.05, 4.69) is 10.2 Å². The summed E-state index contributed by atoms with van der Waals surface area (Å²) in [6, 6.07) is 18.6. The van der Waals surface area contributed by atoms with Crippen LogP contribution in [0.15, 0.2) is 70.9 Å². The molecule has 0 saturated heterocycles. The normalized spacial score (nSPS) is 11.1. The zero-order chi connectivity index (χ0) is 14.7. The third-order valence-electron chi connectivity index (χ3n) is 3.22. The molecule has 0 bridgehead atoms. The van der Waals surface area contributed by atoms with Crippen LogP contribution in [0.4, 0.5) is 11.4 Å². The van der Waals surface area contributed by atoms with Crippen molar-refractivity contribution in [2.75, 3.05) is 7.11 Å². The number of phenols is 1. The van der Waals surface area contributed by atoms with Crippen molar-refractivity contribution >= 4 is 22.1 Å². The summed E-state index contributed by atoms with van der Waals surface area (Å²) in [7, 11) is 1.59. The summed E-state index contributed by atoms with van der Waals surface area (Å²) in [6.45, 7) is 0. The number of rotatable bonds is 3. The third-order valence-corrected chi connectivity index (χ3v) is 3.22. The SMILES string of the molecule is COc1ccccc1/N=N/c1c(O)ccc2ccccc12. The first-order valence-corrected chi connectivity index (χ1v) is 6.55. The van der Waals surface area contributed by atoms with E-state index in [9.17, 15) is 5.11 Å². The number of azo groups is 1. The Kier molecular flexibility index (Phi) is 3.51. The number of fused-ring (bicyclic) bond motifs is 1. The van der Waals surface area contributed by atoms with Crippen LogP contribution in [-0.4, -0.2) is 12.2 Å². The lowest BCUT2D eigenvalue weighted by Gasteiger charge is -2.05. The first-order valence-electron chi connectivity index (χ1n) is 6.55. The molecule has 3 aromatic carbocycles. The molecule has 0 amide bonds. The second kappa shape index (κ2) is 5.63. The van der Waals surface area contributed by atoms with Crippen LogP contribution in [0.25, 0.3) is 10.8 Å². The quantitative estimate of drug-likeness (QED) is 0.688. The third kappa shape index (κ3) is 2.56. The lowest BCUT2D eigenvalue weighted by atomic mass is 10.1. The molecule has 0 radical (unpaired) electrons. The van der Waals surface area contributed by atoms with E-state index in [0.717, 1.165) is 10.8 Å². The van der Waals surface area contributed by atoms with Crippen LogP contribution in [0, 0.1) is 0 Å². The number of hydrogen-bond donors (Lipinski definition) is 1. The number of aromatic hydroxyl groups is 1. The fraction of sp³-hybridized carbons (Fsp3) is 0.0588. The lowest BCUT2D eigenvalue weighted by Crippen LogP contribution is -1.81. The number of hydrogen-bond acceptors (Lipinski definition) is 4. The Morgan fingerprint density at radius 3 is 2.48 bits per heavy atom. The van der Waals surface area contributed by atoms with Crippen LogP contribution in [0.5, 0.6) is 11.5 Å². The van der Waals surface area contributed by atoms with E-state index >= 15 is 0 Å². The molecule has 0 spiro atoms. The van der Waals surface area contributed by atoms with Gasteiger partial charge in [0, 0.05) is 5.39 Å². The van der Waals surface area contributed by atoms with Crippen molar-refractivity contribution in [3.05, 3.63) is 60.7 Å². The molecule has 0 aliphatic rings. The van der Waals surface area contributed by atoms with E-state index < -0.39 is 0 Å². The number of methoxy groups -OCH3 is 1. The first-order chi connectivity index (χ1) is 10.3. The maximum Gasteiger partial charge on any atom is 0.146 e. The summed E-state index contributed by atoms with van der Waals surface area (Å²) >= 11 is 0. The molecule has 0 unspecified atom stereocenters. The number of ether oxygens (including phenoxy) is 1. The van der Waals surface area contributed by atoms with Gasteiger partial charge in [-0.05, 0) is 23.6 Å². The first kappa shape index (κ1) is 13.1. The molecule has 0 aromatic heterocycles. The van der Waals surface area contributed by atoms with E-state index in [-0.39, 0.29) is 5.75 Å². The van der Waals surface area contributed by atoms with Gasteiger partial charge in [0.2, 0.25) is 0 Å². The predicted molar refractivity (Wildman–Crippen MR) is 82.8 cm³/mol. The highest BCUT2D eigenvalue weighted by atomic mass is 16.5. The number of nitrogens with zero attached hydrogens (tertiary/aromatic N) is 2. The standard InChI is InChI=1S/C17H14N2O2/c1-21-16-9-5-4-8-14(16)18-19-17-13-7-3-2-6-12(13)10-11-15(17)20/h2-11,20H,1H3/b19-18+. The fourth-order valence-corrected chi connectivity index (χ4v) is 2.16. The Morgan fingerprint density at radius 2 is 1.62 bits per heavy atom. The highest BCUT2D eigenvalue weighted by Crippen LogP contribution is 2.37. The average molecular weight is 278 g/mol. The van der Waals surface area contributed by atoms with Crippen molar-refractivity contribution < 1.29 is 9.84 Å². The predicted octanol–water partition coefficient (Wildman–Crippen LogP) is 4.97. The second-order valence-corrected chi connectivity index (χ2v) is 4.53. The summed E-state index contributed by atoms with van der Waals surface area (Å²) in [5, 5.41) is 20.3. The lowest BCUT2D eigenvalue weighted by molar-refractivity contribution is 0.416. The Balaban J connectivity index is 2.09. The molecule has 4 heteroatoms. The van der Waals surface area contributed by atoms with Gasteiger partial charge < -0.3 is 9.84 Å². The van der Waals surface area contributed by atoms with E-state index in [1.165, 1.54) is 0 Å². The van der Waals surface area contributed by atoms with Gasteiger partial charge >= 0.3 is 0 Å². The van der Waals surface area contributed by atoms with Crippen LogP contribution in [0.1, 0.15) is 0 Å². The highest BCUT2D eigenvalue weighted by molar-refractivity contribution is 5.95. The second-order valence-electron chi connectivity index (χ2n) is 4.53. The highest BCUT2D eigenvalue weighted by Gasteiger charge is 2.06. The van der Waals surface area contributed by atoms with E-state index in [0.29, 0.717) is 17.1 Å². The van der Waals surface area contributed by atoms with E-state index in [4.69, 9.17) is 4.74 Å². The van der Waals surface area contributed by atoms with Crippen molar-refractivity contribution in [2.24, 2.45) is 10.2 Å². The maximum absolute atomic E-state index is 10.0. The summed E-state index contributed by atoms with van der Waals surface area (Å²) in [5.41, 5.74) is 1.08. The van der Waals surface area contributed by atoms with Gasteiger partial charge in [0.1, 0.15) is 22.9 Å². The molecule has 0 fully saturated rings. The van der Waals surface area contributed by atoms with Crippen molar-refractivity contribution in [3.8, 4) is 11.5 Å². The van der Waals surface area contributed by atoms with Gasteiger partial charge in [-0.1, -0.05) is 42.5 Å². The molecule has 0 saturated carbocycles. The Morgan fingerprint density at radius 1 is 0.857 bits per heavy atom. The minimum absolute atomic E-state index is 0.104. The number of para-hydroxylation sites is 1. The van der Waals surface area contributed by atoms with Crippen molar-refractivity contribution in [2.45, 2.75) is 0 Å². The summed E-state index contributed by atoms with van der Waals surface area (Å²) < 4.78 is 5.24. The number of phenolic OH excluding ortho intramolecular Hbond substituents is 1. The zero-order valence-electron chi connectivity index (χ0n) is 11.5. The van der Waals surface area contributed by atoms with Crippen LogP contribution in [0.2, 0.25) is 0 Å². The van der Waals surface area contributed by atoms with Crippen LogP contribution < -0.4 is 4.74 Å². The summed E-state index contributed by atoms with van der Waals surface area (Å²) in [4.78, 5) is 0. The summed E-state index contributed by atoms with van der Waals surface area (Å²) in [5.74, 6) is 0.744. The molecule has 3 rings (SSSR count). The average Bonchev–Trinajstić information content (AvgIpc) is 2.54. The van der Waals surface area contributed by atoms with Gasteiger partial charge in [-0.3, -0.25) is 0 Å². The molecule has 0 heterocycles. The molecule has 3 aromatic rings. The molecule has 0 aliphatic carbocycles. The van der Waals surface area contributed by atoms with Gasteiger partial charge in [0.25, 0.3) is 0 Å². The van der Waals surface area contributed by atoms with Gasteiger partial charge in [0.05, 0.1) is 7.11 Å². The minimum atomic E-state index is 0.104.